The van der Waals surface area contributed by atoms with Crippen LogP contribution in [0.5, 0.6) is 0 Å². The van der Waals surface area contributed by atoms with Crippen molar-refractivity contribution in [3.05, 3.63) is 77.3 Å². The van der Waals surface area contributed by atoms with Crippen molar-refractivity contribution in [1.82, 2.24) is 15.0 Å². The van der Waals surface area contributed by atoms with E-state index in [2.05, 4.69) is 49.2 Å². The fourth-order valence-corrected chi connectivity index (χ4v) is 3.05. The number of pyridine rings is 1. The fraction of sp³-hybridized carbons (Fsp3) is 0.0455. The van der Waals surface area contributed by atoms with Gasteiger partial charge in [0.25, 0.3) is 0 Å². The number of thiol groups is 1. The molecular formula is C22H14ClFN4OS. The zero-order valence-corrected chi connectivity index (χ0v) is 17.1. The highest BCUT2D eigenvalue weighted by molar-refractivity contribution is 7.75. The van der Waals surface area contributed by atoms with Crippen molar-refractivity contribution in [3.8, 4) is 23.2 Å². The maximum atomic E-state index is 13.5. The largest absolute Gasteiger partial charge is 0.340 e. The molecule has 0 saturated heterocycles. The molecule has 0 radical (unpaired) electrons. The first-order valence-electron chi connectivity index (χ1n) is 8.83. The van der Waals surface area contributed by atoms with Gasteiger partial charge in [-0.05, 0) is 61.4 Å². The van der Waals surface area contributed by atoms with E-state index < -0.39 is 5.82 Å². The summed E-state index contributed by atoms with van der Waals surface area (Å²) in [6.45, 7) is 0.212. The lowest BCUT2D eigenvalue weighted by molar-refractivity contribution is 0.447. The molecule has 2 heterocycles. The number of anilines is 2. The van der Waals surface area contributed by atoms with Crippen LogP contribution >= 0.6 is 24.5 Å². The van der Waals surface area contributed by atoms with E-state index in [1.165, 1.54) is 12.1 Å². The standard InChI is InChI=1S/C22H14ClFN4OS/c23-18-12-16(6-8-19(18)24)26-22-17-7-5-14(3-2-10-29-30)11-20(17)27-21(28-22)15-4-1-9-25-13-15/h1,4-9,11-13,30H,10H2,(H,26,27,28). The Labute approximate surface area is 182 Å². The number of nitrogens with one attached hydrogen (secondary N) is 1. The summed E-state index contributed by atoms with van der Waals surface area (Å²) in [6, 6.07) is 13.7. The summed E-state index contributed by atoms with van der Waals surface area (Å²) in [7, 11) is 0. The number of aromatic nitrogens is 3. The molecule has 0 saturated carbocycles. The molecule has 0 bridgehead atoms. The predicted molar refractivity (Wildman–Crippen MR) is 119 cm³/mol. The van der Waals surface area contributed by atoms with Gasteiger partial charge in [-0.2, -0.15) is 0 Å². The number of halogens is 2. The van der Waals surface area contributed by atoms with Crippen LogP contribution in [0.1, 0.15) is 5.56 Å². The summed E-state index contributed by atoms with van der Waals surface area (Å²) in [5.74, 6) is 6.43. The quantitative estimate of drug-likeness (QED) is 0.253. The van der Waals surface area contributed by atoms with E-state index in [4.69, 9.17) is 11.6 Å². The summed E-state index contributed by atoms with van der Waals surface area (Å²) in [6.07, 6.45) is 3.37. The second-order valence-electron chi connectivity index (χ2n) is 6.20. The van der Waals surface area contributed by atoms with Gasteiger partial charge in [-0.1, -0.05) is 23.4 Å². The van der Waals surface area contributed by atoms with Gasteiger partial charge in [0.2, 0.25) is 0 Å². The first-order valence-corrected chi connectivity index (χ1v) is 9.58. The lowest BCUT2D eigenvalue weighted by Crippen LogP contribution is -2.00. The molecule has 0 aliphatic rings. The molecule has 4 rings (SSSR count). The highest BCUT2D eigenvalue weighted by atomic mass is 35.5. The van der Waals surface area contributed by atoms with E-state index in [1.807, 2.05) is 30.3 Å². The van der Waals surface area contributed by atoms with Gasteiger partial charge >= 0.3 is 0 Å². The first-order chi connectivity index (χ1) is 14.6. The third-order valence-electron chi connectivity index (χ3n) is 4.17. The Balaban J connectivity index is 1.84. The first kappa shape index (κ1) is 20.1. The molecule has 0 aliphatic carbocycles. The smallest absolute Gasteiger partial charge is 0.163 e. The van der Waals surface area contributed by atoms with Gasteiger partial charge in [-0.15, -0.1) is 0 Å². The van der Waals surface area contributed by atoms with Crippen molar-refractivity contribution in [2.45, 2.75) is 0 Å². The van der Waals surface area contributed by atoms with E-state index in [9.17, 15) is 4.39 Å². The van der Waals surface area contributed by atoms with E-state index in [1.54, 1.807) is 18.5 Å². The zero-order valence-electron chi connectivity index (χ0n) is 15.4. The second-order valence-corrected chi connectivity index (χ2v) is 6.86. The highest BCUT2D eigenvalue weighted by Crippen LogP contribution is 2.29. The van der Waals surface area contributed by atoms with Crippen LogP contribution in [-0.2, 0) is 4.18 Å². The van der Waals surface area contributed by atoms with Crippen molar-refractivity contribution >= 4 is 46.9 Å². The van der Waals surface area contributed by atoms with Crippen molar-refractivity contribution in [1.29, 1.82) is 0 Å². The lowest BCUT2D eigenvalue weighted by atomic mass is 10.1. The van der Waals surface area contributed by atoms with E-state index in [0.717, 1.165) is 16.5 Å². The van der Waals surface area contributed by atoms with Crippen molar-refractivity contribution in [2.75, 3.05) is 11.9 Å². The van der Waals surface area contributed by atoms with Crippen LogP contribution < -0.4 is 5.32 Å². The summed E-state index contributed by atoms with van der Waals surface area (Å²) in [4.78, 5) is 13.5. The molecule has 2 aromatic heterocycles. The van der Waals surface area contributed by atoms with Crippen LogP contribution in [0.4, 0.5) is 15.9 Å². The van der Waals surface area contributed by atoms with Crippen LogP contribution in [-0.4, -0.2) is 21.6 Å². The minimum absolute atomic E-state index is 0.0230. The third-order valence-corrected chi connectivity index (χ3v) is 4.59. The molecule has 5 nitrogen and oxygen atoms in total. The van der Waals surface area contributed by atoms with Gasteiger partial charge in [0.1, 0.15) is 18.2 Å². The Morgan fingerprint density at radius 1 is 1.13 bits per heavy atom. The number of hydrogen-bond acceptors (Lipinski definition) is 6. The van der Waals surface area contributed by atoms with Crippen LogP contribution in [0, 0.1) is 17.7 Å². The molecule has 148 valence electrons. The van der Waals surface area contributed by atoms with E-state index >= 15 is 0 Å². The number of fused-ring (bicyclic) bond motifs is 1. The Bertz CT molecular complexity index is 1270. The third kappa shape index (κ3) is 4.52. The van der Waals surface area contributed by atoms with Gasteiger partial charge in [-0.3, -0.25) is 4.98 Å². The van der Waals surface area contributed by atoms with Crippen LogP contribution in [0.3, 0.4) is 0 Å². The van der Waals surface area contributed by atoms with Gasteiger partial charge in [0.05, 0.1) is 10.5 Å². The van der Waals surface area contributed by atoms with E-state index in [-0.39, 0.29) is 11.6 Å². The average Bonchev–Trinajstić information content (AvgIpc) is 2.77. The fourth-order valence-electron chi connectivity index (χ4n) is 2.81. The highest BCUT2D eigenvalue weighted by Gasteiger charge is 2.11. The Kier molecular flexibility index (Phi) is 6.10. The lowest BCUT2D eigenvalue weighted by Gasteiger charge is -2.12. The number of hydrogen-bond donors (Lipinski definition) is 2. The summed E-state index contributed by atoms with van der Waals surface area (Å²) >= 11 is 9.60. The Morgan fingerprint density at radius 2 is 2.03 bits per heavy atom. The second kappa shape index (κ2) is 9.09. The Morgan fingerprint density at radius 3 is 2.80 bits per heavy atom. The minimum Gasteiger partial charge on any atom is -0.340 e. The average molecular weight is 437 g/mol. The van der Waals surface area contributed by atoms with Crippen molar-refractivity contribution in [2.24, 2.45) is 0 Å². The van der Waals surface area contributed by atoms with Crippen LogP contribution in [0.2, 0.25) is 5.02 Å². The summed E-state index contributed by atoms with van der Waals surface area (Å²) in [5.41, 5.74) is 2.84. The van der Waals surface area contributed by atoms with Gasteiger partial charge in [0.15, 0.2) is 5.82 Å². The van der Waals surface area contributed by atoms with Gasteiger partial charge < -0.3 is 9.50 Å². The molecular weight excluding hydrogens is 423 g/mol. The molecule has 2 aromatic carbocycles. The predicted octanol–water partition coefficient (Wildman–Crippen LogP) is 5.44. The SMILES string of the molecule is Fc1ccc(Nc2nc(-c3cccnc3)nc3cc(C#CCOS)ccc23)cc1Cl. The van der Waals surface area contributed by atoms with Crippen LogP contribution in [0.25, 0.3) is 22.3 Å². The molecule has 0 spiro atoms. The van der Waals surface area contributed by atoms with Crippen LogP contribution in [0.15, 0.2) is 60.9 Å². The minimum atomic E-state index is -0.487. The molecule has 0 aliphatic heterocycles. The number of rotatable bonds is 4. The van der Waals surface area contributed by atoms with Gasteiger partial charge in [0, 0.05) is 34.6 Å². The Hall–Kier alpha value is -3.18. The van der Waals surface area contributed by atoms with Gasteiger partial charge in [-0.25, -0.2) is 14.4 Å². The summed E-state index contributed by atoms with van der Waals surface area (Å²) < 4.78 is 18.2. The normalized spacial score (nSPS) is 10.5. The molecule has 4 aromatic rings. The van der Waals surface area contributed by atoms with Crippen molar-refractivity contribution < 1.29 is 8.57 Å². The maximum absolute atomic E-state index is 13.5. The molecule has 8 heteroatoms. The number of nitrogens with zero attached hydrogens (tertiary/aromatic N) is 3. The maximum Gasteiger partial charge on any atom is 0.163 e. The molecule has 0 atom stereocenters. The molecule has 0 fully saturated rings. The molecule has 0 unspecified atom stereocenters. The topological polar surface area (TPSA) is 59.9 Å². The monoisotopic (exact) mass is 436 g/mol. The van der Waals surface area contributed by atoms with E-state index in [0.29, 0.717) is 22.8 Å². The zero-order chi connectivity index (χ0) is 20.9. The summed E-state index contributed by atoms with van der Waals surface area (Å²) in [5, 5.41) is 4.01. The van der Waals surface area contributed by atoms with Crippen molar-refractivity contribution in [3.63, 3.8) is 0 Å². The molecule has 1 N–H and O–H groups in total. The molecule has 0 amide bonds. The molecule has 30 heavy (non-hydrogen) atoms. The number of benzene rings is 2.